The molecule has 1 unspecified atom stereocenters. The van der Waals surface area contributed by atoms with E-state index in [1.165, 1.54) is 0 Å². The van der Waals surface area contributed by atoms with Crippen LogP contribution in [0.25, 0.3) is 11.0 Å². The lowest BCUT2D eigenvalue weighted by Crippen LogP contribution is -2.31. The van der Waals surface area contributed by atoms with Crippen LogP contribution in [0.15, 0.2) is 115 Å². The van der Waals surface area contributed by atoms with Gasteiger partial charge in [0.1, 0.15) is 5.82 Å². The molecule has 1 N–H and O–H groups in total. The van der Waals surface area contributed by atoms with Gasteiger partial charge in [-0.05, 0) is 29.8 Å². The van der Waals surface area contributed by atoms with Gasteiger partial charge >= 0.3 is 0 Å². The molecule has 0 radical (unpaired) electrons. The van der Waals surface area contributed by atoms with Crippen molar-refractivity contribution in [2.45, 2.75) is 19.0 Å². The zero-order valence-corrected chi connectivity index (χ0v) is 19.2. The minimum Gasteiger partial charge on any atom is -0.345 e. The van der Waals surface area contributed by atoms with Crippen LogP contribution in [-0.2, 0) is 13.0 Å². The predicted octanol–water partition coefficient (Wildman–Crippen LogP) is 5.63. The van der Waals surface area contributed by atoms with E-state index in [1.807, 2.05) is 108 Å². The van der Waals surface area contributed by atoms with Crippen molar-refractivity contribution in [2.75, 3.05) is 0 Å². The van der Waals surface area contributed by atoms with Crippen molar-refractivity contribution in [2.24, 2.45) is 0 Å². The summed E-state index contributed by atoms with van der Waals surface area (Å²) in [5.74, 6) is 0.611. The van der Waals surface area contributed by atoms with Crippen molar-refractivity contribution < 1.29 is 9.59 Å². The molecule has 0 bridgehead atoms. The number of hydrogen-bond donors (Lipinski definition) is 1. The Balaban J connectivity index is 1.50. The van der Waals surface area contributed by atoms with E-state index in [-0.39, 0.29) is 24.3 Å². The van der Waals surface area contributed by atoms with Crippen molar-refractivity contribution in [1.29, 1.82) is 0 Å². The van der Waals surface area contributed by atoms with Gasteiger partial charge in [0.05, 0.1) is 23.6 Å². The molecular weight excluding hydrogens is 434 g/mol. The highest BCUT2D eigenvalue weighted by atomic mass is 16.1. The van der Waals surface area contributed by atoms with E-state index < -0.39 is 0 Å². The molecule has 0 saturated carbocycles. The van der Waals surface area contributed by atoms with E-state index in [9.17, 15) is 9.59 Å². The lowest BCUT2D eigenvalue weighted by atomic mass is 10.0. The SMILES string of the molecule is O=C(Cn1c(CC(NC(=O)c2ccccc2)c2ccccc2)nc2ccccc21)c1ccccc1. The number of fused-ring (bicyclic) bond motifs is 1. The zero-order chi connectivity index (χ0) is 24.0. The molecule has 5 aromatic rings. The summed E-state index contributed by atoms with van der Waals surface area (Å²) in [6.45, 7) is 0.175. The minimum atomic E-state index is -0.314. The molecule has 0 fully saturated rings. The van der Waals surface area contributed by atoms with Gasteiger partial charge < -0.3 is 9.88 Å². The maximum atomic E-state index is 13.1. The van der Waals surface area contributed by atoms with Crippen molar-refractivity contribution in [3.63, 3.8) is 0 Å². The number of imidazole rings is 1. The van der Waals surface area contributed by atoms with E-state index in [2.05, 4.69) is 5.32 Å². The van der Waals surface area contributed by atoms with Crippen molar-refractivity contribution in [3.05, 3.63) is 138 Å². The highest BCUT2D eigenvalue weighted by molar-refractivity contribution is 5.97. The average molecular weight is 460 g/mol. The molecule has 0 aliphatic carbocycles. The van der Waals surface area contributed by atoms with Crippen molar-refractivity contribution in [3.8, 4) is 0 Å². The Bertz CT molecular complexity index is 1440. The predicted molar refractivity (Wildman–Crippen MR) is 137 cm³/mol. The van der Waals surface area contributed by atoms with Gasteiger partial charge in [0, 0.05) is 17.5 Å². The van der Waals surface area contributed by atoms with E-state index in [0.717, 1.165) is 22.4 Å². The second-order valence-electron chi connectivity index (χ2n) is 8.40. The lowest BCUT2D eigenvalue weighted by Gasteiger charge is -2.20. The molecule has 1 aromatic heterocycles. The van der Waals surface area contributed by atoms with E-state index in [1.54, 1.807) is 12.1 Å². The molecular formula is C30H25N3O2. The number of nitrogens with one attached hydrogen (secondary N) is 1. The number of amides is 1. The summed E-state index contributed by atoms with van der Waals surface area (Å²) in [5.41, 5.74) is 3.96. The maximum absolute atomic E-state index is 13.1. The topological polar surface area (TPSA) is 64.0 Å². The highest BCUT2D eigenvalue weighted by Gasteiger charge is 2.21. The summed E-state index contributed by atoms with van der Waals surface area (Å²) in [7, 11) is 0. The second-order valence-corrected chi connectivity index (χ2v) is 8.40. The number of nitrogens with zero attached hydrogens (tertiary/aromatic N) is 2. The Labute approximate surface area is 204 Å². The van der Waals surface area contributed by atoms with E-state index in [0.29, 0.717) is 17.5 Å². The van der Waals surface area contributed by atoms with Crippen LogP contribution in [0.5, 0.6) is 0 Å². The highest BCUT2D eigenvalue weighted by Crippen LogP contribution is 2.23. The molecule has 1 atom stereocenters. The minimum absolute atomic E-state index is 0.0135. The third kappa shape index (κ3) is 5.04. The summed E-state index contributed by atoms with van der Waals surface area (Å²) in [4.78, 5) is 31.0. The van der Waals surface area contributed by atoms with E-state index in [4.69, 9.17) is 4.98 Å². The summed E-state index contributed by atoms with van der Waals surface area (Å²) >= 11 is 0. The second kappa shape index (κ2) is 10.2. The largest absolute Gasteiger partial charge is 0.345 e. The number of rotatable bonds is 8. The number of benzene rings is 4. The molecule has 1 amide bonds. The van der Waals surface area contributed by atoms with Crippen LogP contribution < -0.4 is 5.32 Å². The third-order valence-electron chi connectivity index (χ3n) is 6.06. The van der Waals surface area contributed by atoms with Crippen LogP contribution in [-0.4, -0.2) is 21.2 Å². The number of aromatic nitrogens is 2. The van der Waals surface area contributed by atoms with Crippen LogP contribution >= 0.6 is 0 Å². The standard InChI is InChI=1S/C30H25N3O2/c34-28(23-14-6-2-7-15-23)21-33-27-19-11-10-18-25(27)31-29(33)20-26(22-12-4-1-5-13-22)32-30(35)24-16-8-3-9-17-24/h1-19,26H,20-21H2,(H,32,35). The first kappa shape index (κ1) is 22.3. The first-order chi connectivity index (χ1) is 17.2. The molecule has 1 heterocycles. The Morgan fingerprint density at radius 3 is 1.97 bits per heavy atom. The van der Waals surface area contributed by atoms with Gasteiger partial charge in [-0.1, -0.05) is 91.0 Å². The fourth-order valence-corrected chi connectivity index (χ4v) is 4.27. The van der Waals surface area contributed by atoms with Gasteiger partial charge in [-0.15, -0.1) is 0 Å². The Morgan fingerprint density at radius 2 is 1.29 bits per heavy atom. The molecule has 0 aliphatic heterocycles. The Hall–Kier alpha value is -4.51. The van der Waals surface area contributed by atoms with Crippen molar-refractivity contribution in [1.82, 2.24) is 14.9 Å². The number of hydrogen-bond acceptors (Lipinski definition) is 3. The molecule has 35 heavy (non-hydrogen) atoms. The molecule has 5 rings (SSSR count). The number of ketones is 1. The summed E-state index contributed by atoms with van der Waals surface area (Å²) in [5, 5.41) is 3.18. The van der Waals surface area contributed by atoms with Crippen LogP contribution in [0.2, 0.25) is 0 Å². The number of para-hydroxylation sites is 2. The smallest absolute Gasteiger partial charge is 0.251 e. The zero-order valence-electron chi connectivity index (χ0n) is 19.2. The number of Topliss-reactive ketones (excluding diaryl/α,β-unsaturated/α-hetero) is 1. The van der Waals surface area contributed by atoms with Gasteiger partial charge in [-0.3, -0.25) is 9.59 Å². The quantitative estimate of drug-likeness (QED) is 0.306. The van der Waals surface area contributed by atoms with E-state index >= 15 is 0 Å². The molecule has 5 heteroatoms. The maximum Gasteiger partial charge on any atom is 0.251 e. The van der Waals surface area contributed by atoms with Gasteiger partial charge in [0.25, 0.3) is 5.91 Å². The van der Waals surface area contributed by atoms with Crippen molar-refractivity contribution >= 4 is 22.7 Å². The molecule has 0 aliphatic rings. The summed E-state index contributed by atoms with van der Waals surface area (Å²) in [6.07, 6.45) is 0.444. The fourth-order valence-electron chi connectivity index (χ4n) is 4.27. The molecule has 5 nitrogen and oxygen atoms in total. The first-order valence-corrected chi connectivity index (χ1v) is 11.6. The van der Waals surface area contributed by atoms with Gasteiger partial charge in [-0.25, -0.2) is 4.98 Å². The molecule has 0 saturated heterocycles. The Kier molecular flexibility index (Phi) is 6.48. The number of carbonyl (C=O) groups is 2. The summed E-state index contributed by atoms with van der Waals surface area (Å²) < 4.78 is 1.97. The van der Waals surface area contributed by atoms with Crippen LogP contribution in [0.3, 0.4) is 0 Å². The van der Waals surface area contributed by atoms with Gasteiger partial charge in [-0.2, -0.15) is 0 Å². The van der Waals surface area contributed by atoms with Crippen LogP contribution in [0.4, 0.5) is 0 Å². The van der Waals surface area contributed by atoms with Crippen LogP contribution in [0, 0.1) is 0 Å². The number of carbonyl (C=O) groups excluding carboxylic acids is 2. The summed E-state index contributed by atoms with van der Waals surface area (Å²) in [6, 6.07) is 35.8. The molecule has 4 aromatic carbocycles. The third-order valence-corrected chi connectivity index (χ3v) is 6.06. The Morgan fingerprint density at radius 1 is 0.714 bits per heavy atom. The lowest BCUT2D eigenvalue weighted by molar-refractivity contribution is 0.0931. The van der Waals surface area contributed by atoms with Gasteiger partial charge in [0.15, 0.2) is 5.78 Å². The monoisotopic (exact) mass is 459 g/mol. The normalized spacial score (nSPS) is 11.8. The van der Waals surface area contributed by atoms with Crippen LogP contribution in [0.1, 0.15) is 38.1 Å². The fraction of sp³-hybridized carbons (Fsp3) is 0.100. The average Bonchev–Trinajstić information content (AvgIpc) is 3.26. The first-order valence-electron chi connectivity index (χ1n) is 11.6. The van der Waals surface area contributed by atoms with Gasteiger partial charge in [0.2, 0.25) is 0 Å². The molecule has 172 valence electrons. The molecule has 0 spiro atoms.